The molecular weight excluding hydrogens is 226 g/mol. The Morgan fingerprint density at radius 1 is 1.44 bits per heavy atom. The van der Waals surface area contributed by atoms with E-state index in [-0.39, 0.29) is 0 Å². The van der Waals surface area contributed by atoms with Gasteiger partial charge in [0.05, 0.1) is 5.69 Å². The van der Waals surface area contributed by atoms with Crippen molar-refractivity contribution in [2.75, 3.05) is 13.6 Å². The van der Waals surface area contributed by atoms with Gasteiger partial charge in [0, 0.05) is 23.7 Å². The first-order valence-electron chi connectivity index (χ1n) is 6.88. The summed E-state index contributed by atoms with van der Waals surface area (Å²) in [6, 6.07) is 1.57. The second-order valence-corrected chi connectivity index (χ2v) is 5.68. The van der Waals surface area contributed by atoms with Gasteiger partial charge in [-0.1, -0.05) is 5.16 Å². The van der Waals surface area contributed by atoms with Crippen LogP contribution in [0.5, 0.6) is 0 Å². The van der Waals surface area contributed by atoms with Crippen LogP contribution in [0.4, 0.5) is 0 Å². The molecule has 0 aliphatic carbocycles. The van der Waals surface area contributed by atoms with Gasteiger partial charge in [-0.05, 0) is 54.1 Å². The lowest BCUT2D eigenvalue weighted by atomic mass is 9.97. The van der Waals surface area contributed by atoms with Crippen LogP contribution in [0.2, 0.25) is 0 Å². The van der Waals surface area contributed by atoms with Crippen LogP contribution >= 0.6 is 0 Å². The number of hydrogen-bond donors (Lipinski definition) is 1. The predicted octanol–water partition coefficient (Wildman–Crippen LogP) is 2.42. The Hall–Kier alpha value is -0.870. The average molecular weight is 251 g/mol. The van der Waals surface area contributed by atoms with E-state index in [1.165, 1.54) is 24.9 Å². The number of nitrogens with zero attached hydrogens (tertiary/aromatic N) is 2. The van der Waals surface area contributed by atoms with E-state index in [9.17, 15) is 0 Å². The fraction of sp³-hybridized carbons (Fsp3) is 0.786. The number of nitrogens with one attached hydrogen (secondary N) is 1. The first-order chi connectivity index (χ1) is 8.49. The summed E-state index contributed by atoms with van der Waals surface area (Å²) in [5, 5.41) is 7.76. The number of likely N-dealkylation sites (tertiary alicyclic amines) is 1. The van der Waals surface area contributed by atoms with Crippen LogP contribution in [0, 0.1) is 13.8 Å². The summed E-state index contributed by atoms with van der Waals surface area (Å²) in [5.41, 5.74) is 2.23. The van der Waals surface area contributed by atoms with Gasteiger partial charge < -0.3 is 14.7 Å². The van der Waals surface area contributed by atoms with Gasteiger partial charge >= 0.3 is 0 Å². The Kier molecular flexibility index (Phi) is 4.07. The molecule has 1 aliphatic rings. The molecule has 2 heterocycles. The van der Waals surface area contributed by atoms with Gasteiger partial charge in [0.2, 0.25) is 0 Å². The smallest absolute Gasteiger partial charge is 0.138 e. The lowest BCUT2D eigenvalue weighted by molar-refractivity contribution is 0.163. The zero-order valence-electron chi connectivity index (χ0n) is 12.2. The molecule has 3 unspecified atom stereocenters. The van der Waals surface area contributed by atoms with Gasteiger partial charge in [-0.15, -0.1) is 0 Å². The van der Waals surface area contributed by atoms with Crippen molar-refractivity contribution in [1.29, 1.82) is 0 Å². The summed E-state index contributed by atoms with van der Waals surface area (Å²) < 4.78 is 5.25. The van der Waals surface area contributed by atoms with Crippen molar-refractivity contribution in [3.8, 4) is 0 Å². The van der Waals surface area contributed by atoms with E-state index in [0.717, 1.165) is 11.5 Å². The Morgan fingerprint density at radius 3 is 2.72 bits per heavy atom. The van der Waals surface area contributed by atoms with E-state index in [1.807, 2.05) is 13.8 Å². The van der Waals surface area contributed by atoms with Crippen LogP contribution < -0.4 is 5.32 Å². The number of piperidine rings is 1. The van der Waals surface area contributed by atoms with Crippen molar-refractivity contribution in [3.05, 3.63) is 17.0 Å². The lowest BCUT2D eigenvalue weighted by Gasteiger charge is -2.36. The van der Waals surface area contributed by atoms with Crippen LogP contribution in [0.15, 0.2) is 4.52 Å². The highest BCUT2D eigenvalue weighted by molar-refractivity contribution is 5.24. The molecule has 0 saturated carbocycles. The molecule has 3 atom stereocenters. The summed E-state index contributed by atoms with van der Waals surface area (Å²) in [6.45, 7) is 9.68. The highest BCUT2D eigenvalue weighted by Crippen LogP contribution is 2.24. The molecule has 1 aliphatic heterocycles. The second kappa shape index (κ2) is 5.41. The summed E-state index contributed by atoms with van der Waals surface area (Å²) in [6.07, 6.45) is 2.43. The third-order valence-corrected chi connectivity index (χ3v) is 4.22. The molecule has 4 heteroatoms. The lowest BCUT2D eigenvalue weighted by Crippen LogP contribution is -2.46. The topological polar surface area (TPSA) is 41.3 Å². The van der Waals surface area contributed by atoms with Gasteiger partial charge in [-0.3, -0.25) is 0 Å². The van der Waals surface area contributed by atoms with Gasteiger partial charge in [0.25, 0.3) is 0 Å². The third-order valence-electron chi connectivity index (χ3n) is 4.22. The first kappa shape index (κ1) is 13.6. The van der Waals surface area contributed by atoms with Gasteiger partial charge in [0.15, 0.2) is 0 Å². The van der Waals surface area contributed by atoms with Crippen LogP contribution in [-0.4, -0.2) is 35.7 Å². The number of hydrogen-bond acceptors (Lipinski definition) is 4. The molecule has 1 aromatic rings. The first-order valence-corrected chi connectivity index (χ1v) is 6.88. The maximum atomic E-state index is 5.25. The maximum Gasteiger partial charge on any atom is 0.138 e. The van der Waals surface area contributed by atoms with Gasteiger partial charge in [-0.25, -0.2) is 0 Å². The van der Waals surface area contributed by atoms with E-state index < -0.39 is 0 Å². The SMILES string of the molecule is Cc1noc(C)c1C(C)NC1CCN(C)C(C)C1. The quantitative estimate of drug-likeness (QED) is 0.896. The predicted molar refractivity (Wildman–Crippen MR) is 72.6 cm³/mol. The van der Waals surface area contributed by atoms with E-state index >= 15 is 0 Å². The Morgan fingerprint density at radius 2 is 2.17 bits per heavy atom. The molecule has 0 aromatic carbocycles. The largest absolute Gasteiger partial charge is 0.361 e. The molecule has 1 saturated heterocycles. The molecule has 2 rings (SSSR count). The summed E-state index contributed by atoms with van der Waals surface area (Å²) in [4.78, 5) is 2.43. The molecule has 0 bridgehead atoms. The highest BCUT2D eigenvalue weighted by Gasteiger charge is 2.25. The van der Waals surface area contributed by atoms with Crippen LogP contribution in [0.1, 0.15) is 49.7 Å². The van der Waals surface area contributed by atoms with Gasteiger partial charge in [0.1, 0.15) is 5.76 Å². The molecule has 4 nitrogen and oxygen atoms in total. The monoisotopic (exact) mass is 251 g/mol. The molecule has 0 amide bonds. The standard InChI is InChI=1S/C14H25N3O/c1-9-8-13(6-7-17(9)5)15-10(2)14-11(3)16-18-12(14)4/h9-10,13,15H,6-8H2,1-5H3. The third kappa shape index (κ3) is 2.75. The zero-order chi connectivity index (χ0) is 13.3. The van der Waals surface area contributed by atoms with Gasteiger partial charge in [-0.2, -0.15) is 0 Å². The minimum Gasteiger partial charge on any atom is -0.361 e. The number of rotatable bonds is 3. The minimum atomic E-state index is 0.317. The van der Waals surface area contributed by atoms with E-state index in [1.54, 1.807) is 0 Å². The van der Waals surface area contributed by atoms with Crippen LogP contribution in [0.25, 0.3) is 0 Å². The van der Waals surface area contributed by atoms with Crippen molar-refractivity contribution in [2.24, 2.45) is 0 Å². The minimum absolute atomic E-state index is 0.317. The van der Waals surface area contributed by atoms with Crippen molar-refractivity contribution < 1.29 is 4.52 Å². The highest BCUT2D eigenvalue weighted by atomic mass is 16.5. The molecule has 1 N–H and O–H groups in total. The normalized spacial score (nSPS) is 27.4. The zero-order valence-corrected chi connectivity index (χ0v) is 12.2. The van der Waals surface area contributed by atoms with Crippen LogP contribution in [-0.2, 0) is 0 Å². The van der Waals surface area contributed by atoms with E-state index in [0.29, 0.717) is 18.1 Å². The van der Waals surface area contributed by atoms with Crippen molar-refractivity contribution in [1.82, 2.24) is 15.4 Å². The Bertz CT molecular complexity index is 382. The second-order valence-electron chi connectivity index (χ2n) is 5.68. The van der Waals surface area contributed by atoms with Crippen molar-refractivity contribution in [3.63, 3.8) is 0 Å². The number of aromatic nitrogens is 1. The Balaban J connectivity index is 1.98. The fourth-order valence-electron chi connectivity index (χ4n) is 2.99. The number of aryl methyl sites for hydroxylation is 2. The average Bonchev–Trinajstić information content (AvgIpc) is 2.64. The van der Waals surface area contributed by atoms with Crippen molar-refractivity contribution >= 4 is 0 Å². The van der Waals surface area contributed by atoms with E-state index in [2.05, 4.69) is 36.3 Å². The van der Waals surface area contributed by atoms with Crippen molar-refractivity contribution in [2.45, 2.75) is 58.7 Å². The summed E-state index contributed by atoms with van der Waals surface area (Å²) >= 11 is 0. The van der Waals surface area contributed by atoms with E-state index in [4.69, 9.17) is 4.52 Å². The fourth-order valence-corrected chi connectivity index (χ4v) is 2.99. The summed E-state index contributed by atoms with van der Waals surface area (Å²) in [5.74, 6) is 0.938. The Labute approximate surface area is 110 Å². The maximum absolute atomic E-state index is 5.25. The molecule has 0 spiro atoms. The summed E-state index contributed by atoms with van der Waals surface area (Å²) in [7, 11) is 2.21. The molecule has 0 radical (unpaired) electrons. The molecular formula is C14H25N3O. The molecule has 102 valence electrons. The molecule has 18 heavy (non-hydrogen) atoms. The molecule has 1 aromatic heterocycles. The molecule has 1 fully saturated rings. The van der Waals surface area contributed by atoms with Crippen LogP contribution in [0.3, 0.4) is 0 Å².